The fourth-order valence-electron chi connectivity index (χ4n) is 3.69. The van der Waals surface area contributed by atoms with Crippen molar-refractivity contribution in [3.05, 3.63) is 99.2 Å². The van der Waals surface area contributed by atoms with Crippen LogP contribution in [0.4, 0.5) is 17.1 Å². The number of halogens is 2. The molecule has 0 radical (unpaired) electrons. The summed E-state index contributed by atoms with van der Waals surface area (Å²) in [6, 6.07) is 17.4. The number of benzene rings is 3. The highest BCUT2D eigenvalue weighted by Crippen LogP contribution is 2.30. The Morgan fingerprint density at radius 1 is 0.868 bits per heavy atom. The van der Waals surface area contributed by atoms with Crippen molar-refractivity contribution in [3.8, 4) is 0 Å². The molecule has 0 unspecified atom stereocenters. The number of carbonyl (C=O) groups excluding carboxylic acids is 4. The Labute approximate surface area is 229 Å². The SMILES string of the molecule is Cc1cc(Cl)ccc1NC(=O)c1ccc(NC2=C(Cl)C(=O)N(c3ccc(C(=O)OC(C)C)cc3)C2=O)cc1. The Balaban J connectivity index is 1.45. The summed E-state index contributed by atoms with van der Waals surface area (Å²) in [7, 11) is 0. The Morgan fingerprint density at radius 3 is 2.11 bits per heavy atom. The van der Waals surface area contributed by atoms with Crippen molar-refractivity contribution in [2.24, 2.45) is 0 Å². The first-order valence-electron chi connectivity index (χ1n) is 11.6. The van der Waals surface area contributed by atoms with Gasteiger partial charge < -0.3 is 15.4 Å². The quantitative estimate of drug-likeness (QED) is 0.279. The van der Waals surface area contributed by atoms with Gasteiger partial charge in [0.05, 0.1) is 17.4 Å². The van der Waals surface area contributed by atoms with Crippen LogP contribution in [0.2, 0.25) is 5.02 Å². The molecule has 8 nitrogen and oxygen atoms in total. The lowest BCUT2D eigenvalue weighted by Gasteiger charge is -2.16. The molecule has 0 bridgehead atoms. The van der Waals surface area contributed by atoms with Crippen molar-refractivity contribution in [2.75, 3.05) is 15.5 Å². The number of hydrogen-bond acceptors (Lipinski definition) is 6. The maximum atomic E-state index is 13.1. The molecular weight excluding hydrogens is 529 g/mol. The Kier molecular flexibility index (Phi) is 7.85. The van der Waals surface area contributed by atoms with Gasteiger partial charge in [-0.25, -0.2) is 9.69 Å². The second-order valence-corrected chi connectivity index (χ2v) is 9.57. The lowest BCUT2D eigenvalue weighted by molar-refractivity contribution is -0.120. The largest absolute Gasteiger partial charge is 0.459 e. The second-order valence-electron chi connectivity index (χ2n) is 8.75. The van der Waals surface area contributed by atoms with Gasteiger partial charge in [-0.3, -0.25) is 14.4 Å². The minimum absolute atomic E-state index is 0.103. The van der Waals surface area contributed by atoms with Crippen molar-refractivity contribution < 1.29 is 23.9 Å². The van der Waals surface area contributed by atoms with Crippen molar-refractivity contribution >= 4 is 64.0 Å². The van der Waals surface area contributed by atoms with E-state index in [0.29, 0.717) is 22.0 Å². The van der Waals surface area contributed by atoms with Crippen LogP contribution in [-0.2, 0) is 14.3 Å². The van der Waals surface area contributed by atoms with Gasteiger partial charge in [-0.05, 0) is 93.1 Å². The molecule has 2 N–H and O–H groups in total. The normalized spacial score (nSPS) is 13.3. The fraction of sp³-hybridized carbons (Fsp3) is 0.143. The zero-order valence-corrected chi connectivity index (χ0v) is 22.2. The molecule has 3 aromatic carbocycles. The number of ether oxygens (including phenoxy) is 1. The van der Waals surface area contributed by atoms with Crippen LogP contribution in [0.1, 0.15) is 40.1 Å². The van der Waals surface area contributed by atoms with Gasteiger partial charge in [-0.1, -0.05) is 23.2 Å². The second kappa shape index (κ2) is 11.1. The minimum atomic E-state index is -0.703. The third-order valence-electron chi connectivity index (χ3n) is 5.58. The fourth-order valence-corrected chi connectivity index (χ4v) is 4.12. The molecule has 1 aliphatic heterocycles. The van der Waals surface area contributed by atoms with E-state index in [9.17, 15) is 19.2 Å². The van der Waals surface area contributed by atoms with E-state index in [1.165, 1.54) is 24.3 Å². The Bertz CT molecular complexity index is 1460. The molecule has 3 amide bonds. The van der Waals surface area contributed by atoms with E-state index < -0.39 is 17.8 Å². The summed E-state index contributed by atoms with van der Waals surface area (Å²) in [6.45, 7) is 5.31. The van der Waals surface area contributed by atoms with Crippen LogP contribution in [-0.4, -0.2) is 29.8 Å². The zero-order chi connectivity index (χ0) is 27.6. The van der Waals surface area contributed by atoms with Gasteiger partial charge in [0, 0.05) is 22.0 Å². The maximum absolute atomic E-state index is 13.1. The van der Waals surface area contributed by atoms with Crippen molar-refractivity contribution in [1.29, 1.82) is 0 Å². The number of nitrogens with zero attached hydrogens (tertiary/aromatic N) is 1. The number of esters is 1. The van der Waals surface area contributed by atoms with Crippen LogP contribution in [0.25, 0.3) is 0 Å². The molecule has 10 heteroatoms. The van der Waals surface area contributed by atoms with Gasteiger partial charge in [0.25, 0.3) is 17.7 Å². The van der Waals surface area contributed by atoms with Gasteiger partial charge in [-0.2, -0.15) is 0 Å². The molecule has 0 atom stereocenters. The number of hydrogen-bond donors (Lipinski definition) is 2. The lowest BCUT2D eigenvalue weighted by atomic mass is 10.1. The molecule has 194 valence electrons. The molecule has 0 aliphatic carbocycles. The molecule has 3 aromatic rings. The van der Waals surface area contributed by atoms with Crippen molar-refractivity contribution in [1.82, 2.24) is 0 Å². The topological polar surface area (TPSA) is 105 Å². The van der Waals surface area contributed by atoms with E-state index in [-0.39, 0.29) is 34.0 Å². The van der Waals surface area contributed by atoms with Gasteiger partial charge in [0.2, 0.25) is 0 Å². The van der Waals surface area contributed by atoms with Crippen molar-refractivity contribution in [3.63, 3.8) is 0 Å². The monoisotopic (exact) mass is 551 g/mol. The van der Waals surface area contributed by atoms with E-state index >= 15 is 0 Å². The van der Waals surface area contributed by atoms with Gasteiger partial charge in [0.1, 0.15) is 10.7 Å². The van der Waals surface area contributed by atoms with Crippen LogP contribution in [0.3, 0.4) is 0 Å². The van der Waals surface area contributed by atoms with Gasteiger partial charge in [-0.15, -0.1) is 0 Å². The van der Waals surface area contributed by atoms with Crippen LogP contribution in [0, 0.1) is 6.92 Å². The summed E-state index contributed by atoms with van der Waals surface area (Å²) in [6.07, 6.45) is -0.281. The van der Waals surface area contributed by atoms with E-state index in [2.05, 4.69) is 10.6 Å². The Morgan fingerprint density at radius 2 is 1.50 bits per heavy atom. The number of carbonyl (C=O) groups is 4. The number of amides is 3. The number of imide groups is 1. The number of rotatable bonds is 7. The molecule has 0 fully saturated rings. The smallest absolute Gasteiger partial charge is 0.338 e. The number of aryl methyl sites for hydroxylation is 1. The first-order chi connectivity index (χ1) is 18.0. The highest BCUT2D eigenvalue weighted by atomic mass is 35.5. The highest BCUT2D eigenvalue weighted by Gasteiger charge is 2.39. The third-order valence-corrected chi connectivity index (χ3v) is 6.17. The van der Waals surface area contributed by atoms with Crippen LogP contribution in [0.15, 0.2) is 77.5 Å². The summed E-state index contributed by atoms with van der Waals surface area (Å²) in [5.74, 6) is -2.19. The summed E-state index contributed by atoms with van der Waals surface area (Å²) in [5, 5.41) is 5.99. The average molecular weight is 552 g/mol. The highest BCUT2D eigenvalue weighted by molar-refractivity contribution is 6.53. The summed E-state index contributed by atoms with van der Waals surface area (Å²) in [5.41, 5.74) is 2.73. The molecule has 1 heterocycles. The zero-order valence-electron chi connectivity index (χ0n) is 20.7. The van der Waals surface area contributed by atoms with Crippen LogP contribution < -0.4 is 15.5 Å². The van der Waals surface area contributed by atoms with Crippen LogP contribution >= 0.6 is 23.2 Å². The maximum Gasteiger partial charge on any atom is 0.338 e. The van der Waals surface area contributed by atoms with E-state index in [1.54, 1.807) is 56.3 Å². The molecular formula is C28H23Cl2N3O5. The number of anilines is 3. The molecule has 0 spiro atoms. The average Bonchev–Trinajstić information content (AvgIpc) is 3.08. The summed E-state index contributed by atoms with van der Waals surface area (Å²) in [4.78, 5) is 51.5. The molecule has 0 saturated carbocycles. The van der Waals surface area contributed by atoms with Crippen LogP contribution in [0.5, 0.6) is 0 Å². The molecule has 1 aliphatic rings. The number of nitrogens with one attached hydrogen (secondary N) is 2. The molecule has 0 saturated heterocycles. The Hall–Kier alpha value is -4.14. The van der Waals surface area contributed by atoms with E-state index in [4.69, 9.17) is 27.9 Å². The predicted octanol–water partition coefficient (Wildman–Crippen LogP) is 5.90. The molecule has 4 rings (SSSR count). The minimum Gasteiger partial charge on any atom is -0.459 e. The standard InChI is InChI=1S/C28H23Cl2N3O5/c1-15(2)38-28(37)18-6-11-21(12-7-18)33-26(35)23(30)24(27(33)36)31-20-9-4-17(5-10-20)25(34)32-22-13-8-19(29)14-16(22)3/h4-15,31H,1-3H3,(H,32,34). The van der Waals surface area contributed by atoms with Gasteiger partial charge in [0.15, 0.2) is 0 Å². The predicted molar refractivity (Wildman–Crippen MR) is 147 cm³/mol. The third kappa shape index (κ3) is 5.72. The lowest BCUT2D eigenvalue weighted by Crippen LogP contribution is -2.32. The first-order valence-corrected chi connectivity index (χ1v) is 12.3. The van der Waals surface area contributed by atoms with E-state index in [0.717, 1.165) is 10.5 Å². The summed E-state index contributed by atoms with van der Waals surface area (Å²) >= 11 is 12.2. The molecule has 0 aromatic heterocycles. The van der Waals surface area contributed by atoms with Crippen molar-refractivity contribution in [2.45, 2.75) is 26.9 Å². The van der Waals surface area contributed by atoms with Gasteiger partial charge >= 0.3 is 5.97 Å². The van der Waals surface area contributed by atoms with E-state index in [1.807, 2.05) is 6.92 Å². The molecule has 38 heavy (non-hydrogen) atoms. The summed E-state index contributed by atoms with van der Waals surface area (Å²) < 4.78 is 5.15. The first kappa shape index (κ1) is 26.9.